The first kappa shape index (κ1) is 13.7. The molecule has 1 amide bonds. The molecule has 1 aromatic rings. The summed E-state index contributed by atoms with van der Waals surface area (Å²) in [4.78, 5) is 32.5. The molecule has 0 unspecified atom stereocenters. The summed E-state index contributed by atoms with van der Waals surface area (Å²) in [7, 11) is 1.37. The Balaban J connectivity index is 2.91. The lowest BCUT2D eigenvalue weighted by atomic mass is 10.2. The summed E-state index contributed by atoms with van der Waals surface area (Å²) in [5.74, 6) is -2.03. The Hall–Kier alpha value is -2.38. The van der Waals surface area contributed by atoms with Gasteiger partial charge in [0.15, 0.2) is 5.69 Å². The van der Waals surface area contributed by atoms with Gasteiger partial charge >= 0.3 is 11.8 Å². The third-order valence-electron chi connectivity index (χ3n) is 2.53. The van der Waals surface area contributed by atoms with E-state index >= 15 is 0 Å². The molecular weight excluding hydrogens is 242 g/mol. The van der Waals surface area contributed by atoms with Gasteiger partial charge in [0.2, 0.25) is 0 Å². The molecule has 8 nitrogen and oxygen atoms in total. The van der Waals surface area contributed by atoms with Crippen LogP contribution in [0.4, 0.5) is 5.82 Å². The van der Waals surface area contributed by atoms with E-state index in [0.717, 1.165) is 4.57 Å². The molecule has 0 aromatic carbocycles. The Morgan fingerprint density at radius 3 is 2.56 bits per heavy atom. The Morgan fingerprint density at radius 1 is 1.56 bits per heavy atom. The summed E-state index contributed by atoms with van der Waals surface area (Å²) in [5.41, 5.74) is 0.0430. The van der Waals surface area contributed by atoms with E-state index in [0.29, 0.717) is 0 Å². The molecule has 0 spiro atoms. The van der Waals surface area contributed by atoms with Crippen molar-refractivity contribution in [3.63, 3.8) is 0 Å². The van der Waals surface area contributed by atoms with Crippen LogP contribution in [0.1, 0.15) is 23.8 Å². The Kier molecular flexibility index (Phi) is 4.03. The molecule has 1 heterocycles. The van der Waals surface area contributed by atoms with Crippen LogP contribution in [0, 0.1) is 10.1 Å². The highest BCUT2D eigenvalue weighted by Gasteiger charge is 2.24. The topological polar surface area (TPSA) is 114 Å². The minimum Gasteiger partial charge on any atom is -0.480 e. The average Bonchev–Trinajstić information content (AvgIpc) is 2.67. The minimum absolute atomic E-state index is 0.0430. The fraction of sp³-hybridized carbons (Fsp3) is 0.400. The zero-order valence-corrected chi connectivity index (χ0v) is 9.91. The fourth-order valence-corrected chi connectivity index (χ4v) is 1.48. The molecule has 1 rings (SSSR count). The number of carbonyl (C=O) groups excluding carboxylic acids is 1. The van der Waals surface area contributed by atoms with E-state index in [1.807, 2.05) is 0 Å². The Morgan fingerprint density at radius 2 is 2.17 bits per heavy atom. The molecule has 8 heteroatoms. The molecule has 98 valence electrons. The molecule has 0 bridgehead atoms. The van der Waals surface area contributed by atoms with Gasteiger partial charge < -0.3 is 20.5 Å². The lowest BCUT2D eigenvalue weighted by Gasteiger charge is -2.11. The number of aliphatic carboxylic acids is 1. The number of rotatable bonds is 5. The van der Waals surface area contributed by atoms with Crippen molar-refractivity contribution >= 4 is 17.7 Å². The fourth-order valence-electron chi connectivity index (χ4n) is 1.48. The first-order valence-electron chi connectivity index (χ1n) is 5.22. The van der Waals surface area contributed by atoms with Crippen LogP contribution in [0.5, 0.6) is 0 Å². The molecule has 0 saturated carbocycles. The molecule has 0 fully saturated rings. The van der Waals surface area contributed by atoms with Crippen LogP contribution in [-0.4, -0.2) is 32.5 Å². The standard InChI is InChI=1S/C10H13N3O5/c1-3-6(10(15)16)11-9(14)7-4-5-8(12(7)2)13(17)18/h4-6H,3H2,1-2H3,(H,11,14)(H,15,16)/t6-/m1/s1. The molecule has 18 heavy (non-hydrogen) atoms. The van der Waals surface area contributed by atoms with Gasteiger partial charge in [-0.1, -0.05) is 6.92 Å². The summed E-state index contributed by atoms with van der Waals surface area (Å²) in [6.07, 6.45) is 0.230. The van der Waals surface area contributed by atoms with Crippen LogP contribution < -0.4 is 5.32 Å². The average molecular weight is 255 g/mol. The van der Waals surface area contributed by atoms with Crippen molar-refractivity contribution in [1.29, 1.82) is 0 Å². The molecule has 2 N–H and O–H groups in total. The van der Waals surface area contributed by atoms with Crippen LogP contribution in [0.2, 0.25) is 0 Å². The van der Waals surface area contributed by atoms with Crippen LogP contribution in [0.15, 0.2) is 12.1 Å². The minimum atomic E-state index is -1.14. The number of carboxylic acid groups (broad SMARTS) is 1. The lowest BCUT2D eigenvalue weighted by Crippen LogP contribution is -2.40. The second kappa shape index (κ2) is 5.30. The summed E-state index contributed by atoms with van der Waals surface area (Å²) >= 11 is 0. The summed E-state index contributed by atoms with van der Waals surface area (Å²) < 4.78 is 1.10. The largest absolute Gasteiger partial charge is 0.480 e. The number of hydrogen-bond acceptors (Lipinski definition) is 4. The van der Waals surface area contributed by atoms with Gasteiger partial charge in [-0.25, -0.2) is 9.36 Å². The first-order valence-corrected chi connectivity index (χ1v) is 5.22. The molecular formula is C10H13N3O5. The highest BCUT2D eigenvalue weighted by Crippen LogP contribution is 2.15. The van der Waals surface area contributed by atoms with Crippen LogP contribution in [0.3, 0.4) is 0 Å². The van der Waals surface area contributed by atoms with E-state index < -0.39 is 22.8 Å². The quantitative estimate of drug-likeness (QED) is 0.588. The van der Waals surface area contributed by atoms with Crippen molar-refractivity contribution in [2.75, 3.05) is 0 Å². The van der Waals surface area contributed by atoms with Gasteiger partial charge in [0, 0.05) is 6.07 Å². The number of nitro groups is 1. The highest BCUT2D eigenvalue weighted by atomic mass is 16.6. The maximum Gasteiger partial charge on any atom is 0.326 e. The number of amides is 1. The smallest absolute Gasteiger partial charge is 0.326 e. The maximum absolute atomic E-state index is 11.8. The van der Waals surface area contributed by atoms with Gasteiger partial charge in [-0.2, -0.15) is 0 Å². The van der Waals surface area contributed by atoms with Gasteiger partial charge in [0.1, 0.15) is 6.04 Å². The normalized spacial score (nSPS) is 11.9. The van der Waals surface area contributed by atoms with Crippen molar-refractivity contribution in [2.45, 2.75) is 19.4 Å². The van der Waals surface area contributed by atoms with E-state index in [9.17, 15) is 19.7 Å². The number of aromatic nitrogens is 1. The lowest BCUT2D eigenvalue weighted by molar-refractivity contribution is -0.391. The van der Waals surface area contributed by atoms with Crippen molar-refractivity contribution in [1.82, 2.24) is 9.88 Å². The van der Waals surface area contributed by atoms with Crippen molar-refractivity contribution in [2.24, 2.45) is 7.05 Å². The number of nitrogens with one attached hydrogen (secondary N) is 1. The zero-order valence-electron chi connectivity index (χ0n) is 9.91. The van der Waals surface area contributed by atoms with Crippen LogP contribution in [-0.2, 0) is 11.8 Å². The molecule has 1 aromatic heterocycles. The van der Waals surface area contributed by atoms with E-state index in [2.05, 4.69) is 5.32 Å². The maximum atomic E-state index is 11.8. The number of hydrogen-bond donors (Lipinski definition) is 2. The van der Waals surface area contributed by atoms with Gasteiger partial charge in [0.05, 0.1) is 7.05 Å². The highest BCUT2D eigenvalue weighted by molar-refractivity contribution is 5.95. The molecule has 0 aliphatic heterocycles. The van der Waals surface area contributed by atoms with Crippen molar-refractivity contribution in [3.05, 3.63) is 27.9 Å². The molecule has 1 atom stereocenters. The SMILES string of the molecule is CC[C@@H](NC(=O)c1ccc([N+](=O)[O-])n1C)C(=O)O. The van der Waals surface area contributed by atoms with Gasteiger partial charge in [-0.15, -0.1) is 0 Å². The van der Waals surface area contributed by atoms with E-state index in [1.54, 1.807) is 6.92 Å². The second-order valence-corrected chi connectivity index (χ2v) is 3.67. The summed E-state index contributed by atoms with van der Waals surface area (Å²) in [6.45, 7) is 1.62. The van der Waals surface area contributed by atoms with Crippen molar-refractivity contribution < 1.29 is 19.6 Å². The molecule has 0 saturated heterocycles. The summed E-state index contributed by atoms with van der Waals surface area (Å²) in [6, 6.07) is 1.46. The predicted molar refractivity (Wildman–Crippen MR) is 61.2 cm³/mol. The Bertz CT molecular complexity index is 494. The first-order chi connectivity index (χ1) is 8.38. The van der Waals surface area contributed by atoms with E-state index in [1.165, 1.54) is 19.2 Å². The molecule has 0 radical (unpaired) electrons. The van der Waals surface area contributed by atoms with Crippen molar-refractivity contribution in [3.8, 4) is 0 Å². The number of carbonyl (C=O) groups is 2. The molecule has 0 aliphatic carbocycles. The predicted octanol–water partition coefficient (Wildman–Crippen LogP) is 0.526. The van der Waals surface area contributed by atoms with Gasteiger partial charge in [-0.3, -0.25) is 4.79 Å². The monoisotopic (exact) mass is 255 g/mol. The second-order valence-electron chi connectivity index (χ2n) is 3.67. The van der Waals surface area contributed by atoms with Gasteiger partial charge in [-0.05, 0) is 17.4 Å². The van der Waals surface area contributed by atoms with Crippen LogP contribution >= 0.6 is 0 Å². The third-order valence-corrected chi connectivity index (χ3v) is 2.53. The number of nitrogens with zero attached hydrogens (tertiary/aromatic N) is 2. The third kappa shape index (κ3) is 2.65. The molecule has 0 aliphatic rings. The summed E-state index contributed by atoms with van der Waals surface area (Å²) in [5, 5.41) is 21.7. The Labute approximate surface area is 102 Å². The van der Waals surface area contributed by atoms with Gasteiger partial charge in [0.25, 0.3) is 5.91 Å². The van der Waals surface area contributed by atoms with E-state index in [4.69, 9.17) is 5.11 Å². The van der Waals surface area contributed by atoms with Crippen LogP contribution in [0.25, 0.3) is 0 Å². The zero-order chi connectivity index (χ0) is 13.9. The number of carboxylic acids is 1. The van der Waals surface area contributed by atoms with E-state index in [-0.39, 0.29) is 17.9 Å².